The van der Waals surface area contributed by atoms with Gasteiger partial charge in [-0.25, -0.2) is 0 Å². The van der Waals surface area contributed by atoms with E-state index in [1.807, 2.05) is 31.2 Å². The Bertz CT molecular complexity index is 448. The van der Waals surface area contributed by atoms with Gasteiger partial charge < -0.3 is 5.73 Å². The summed E-state index contributed by atoms with van der Waals surface area (Å²) < 4.78 is 1.06. The van der Waals surface area contributed by atoms with Crippen LogP contribution >= 0.6 is 27.3 Å². The average Bonchev–Trinajstić information content (AvgIpc) is 2.71. The highest BCUT2D eigenvalue weighted by molar-refractivity contribution is 9.10. The number of benzene rings is 1. The highest BCUT2D eigenvalue weighted by Crippen LogP contribution is 2.33. The molecular formula is C12H12BrNS. The summed E-state index contributed by atoms with van der Waals surface area (Å²) in [7, 11) is 0. The molecule has 3 heteroatoms. The first-order valence-electron chi connectivity index (χ1n) is 4.70. The van der Waals surface area contributed by atoms with Crippen molar-refractivity contribution in [3.05, 3.63) is 56.7 Å². The van der Waals surface area contributed by atoms with Crippen molar-refractivity contribution in [2.45, 2.75) is 12.5 Å². The summed E-state index contributed by atoms with van der Waals surface area (Å²) in [5.74, 6) is 0. The van der Waals surface area contributed by atoms with Crippen LogP contribution < -0.4 is 5.73 Å². The largest absolute Gasteiger partial charge is 0.317 e. The molecule has 2 aromatic rings. The molecule has 1 heterocycles. The van der Waals surface area contributed by atoms with E-state index in [-0.39, 0.29) is 0 Å². The monoisotopic (exact) mass is 281 g/mol. The number of halogens is 1. The van der Waals surface area contributed by atoms with Gasteiger partial charge in [-0.15, -0.1) is 11.3 Å². The molecule has 0 saturated heterocycles. The summed E-state index contributed by atoms with van der Waals surface area (Å²) in [6, 6.07) is 12.2. The van der Waals surface area contributed by atoms with Gasteiger partial charge in [-0.05, 0) is 30.0 Å². The first kappa shape index (κ1) is 10.9. The minimum absolute atomic E-state index is 0.422. The highest BCUT2D eigenvalue weighted by Gasteiger charge is 2.26. The van der Waals surface area contributed by atoms with Crippen molar-refractivity contribution in [2.24, 2.45) is 5.73 Å². The van der Waals surface area contributed by atoms with Crippen LogP contribution in [0.4, 0.5) is 0 Å². The summed E-state index contributed by atoms with van der Waals surface area (Å²) in [6.07, 6.45) is 0. The van der Waals surface area contributed by atoms with Crippen LogP contribution in [-0.4, -0.2) is 0 Å². The van der Waals surface area contributed by atoms with Gasteiger partial charge in [0.15, 0.2) is 0 Å². The van der Waals surface area contributed by atoms with Crippen LogP contribution in [0.15, 0.2) is 46.3 Å². The molecule has 0 fully saturated rings. The lowest BCUT2D eigenvalue weighted by Gasteiger charge is -2.25. The fourth-order valence-corrected chi connectivity index (χ4v) is 3.10. The minimum Gasteiger partial charge on any atom is -0.317 e. The lowest BCUT2D eigenvalue weighted by molar-refractivity contribution is 0.613. The molecule has 0 aliphatic rings. The van der Waals surface area contributed by atoms with E-state index >= 15 is 0 Å². The summed E-state index contributed by atoms with van der Waals surface area (Å²) in [5.41, 5.74) is 7.08. The van der Waals surface area contributed by atoms with Crippen molar-refractivity contribution in [1.29, 1.82) is 0 Å². The molecule has 1 aromatic heterocycles. The zero-order valence-corrected chi connectivity index (χ0v) is 10.8. The van der Waals surface area contributed by atoms with Crippen molar-refractivity contribution >= 4 is 27.3 Å². The number of nitrogens with two attached hydrogens (primary N) is 1. The maximum absolute atomic E-state index is 6.39. The van der Waals surface area contributed by atoms with E-state index in [0.29, 0.717) is 0 Å². The van der Waals surface area contributed by atoms with Gasteiger partial charge in [0, 0.05) is 9.35 Å². The van der Waals surface area contributed by atoms with Gasteiger partial charge in [-0.1, -0.05) is 40.2 Å². The van der Waals surface area contributed by atoms with E-state index in [9.17, 15) is 0 Å². The first-order chi connectivity index (χ1) is 7.12. The van der Waals surface area contributed by atoms with Crippen molar-refractivity contribution in [1.82, 2.24) is 0 Å². The molecule has 2 rings (SSSR count). The predicted molar refractivity (Wildman–Crippen MR) is 69.1 cm³/mol. The number of thiophene rings is 1. The Balaban J connectivity index is 2.51. The zero-order valence-electron chi connectivity index (χ0n) is 8.41. The van der Waals surface area contributed by atoms with Crippen molar-refractivity contribution < 1.29 is 0 Å². The summed E-state index contributed by atoms with van der Waals surface area (Å²) in [6.45, 7) is 2.04. The molecule has 1 aromatic carbocycles. The Hall–Kier alpha value is -0.640. The Kier molecular flexibility index (Phi) is 2.96. The SMILES string of the molecule is CC(N)(c1cccs1)c1ccccc1Br. The molecule has 0 bridgehead atoms. The van der Waals surface area contributed by atoms with E-state index < -0.39 is 5.54 Å². The molecule has 1 atom stereocenters. The molecule has 0 radical (unpaired) electrons. The molecule has 0 aliphatic heterocycles. The Morgan fingerprint density at radius 3 is 2.53 bits per heavy atom. The van der Waals surface area contributed by atoms with Crippen LogP contribution in [0.1, 0.15) is 17.4 Å². The van der Waals surface area contributed by atoms with Gasteiger partial charge in [0.2, 0.25) is 0 Å². The standard InChI is InChI=1S/C12H12BrNS/c1-12(14,11-7-4-8-15-11)9-5-2-3-6-10(9)13/h2-8H,14H2,1H3. The molecule has 78 valence electrons. The van der Waals surface area contributed by atoms with Crippen LogP contribution in [-0.2, 0) is 5.54 Å². The second kappa shape index (κ2) is 4.08. The normalized spacial score (nSPS) is 14.9. The van der Waals surface area contributed by atoms with E-state index in [1.54, 1.807) is 11.3 Å². The van der Waals surface area contributed by atoms with E-state index in [4.69, 9.17) is 5.73 Å². The van der Waals surface area contributed by atoms with Gasteiger partial charge in [0.05, 0.1) is 5.54 Å². The molecule has 0 aliphatic carbocycles. The summed E-state index contributed by atoms with van der Waals surface area (Å²) in [4.78, 5) is 1.18. The fourth-order valence-electron chi connectivity index (χ4n) is 1.59. The lowest BCUT2D eigenvalue weighted by atomic mass is 9.92. The predicted octanol–water partition coefficient (Wildman–Crippen LogP) is 3.73. The van der Waals surface area contributed by atoms with Crippen molar-refractivity contribution in [2.75, 3.05) is 0 Å². The van der Waals surface area contributed by atoms with E-state index in [2.05, 4.69) is 33.4 Å². The Morgan fingerprint density at radius 2 is 1.93 bits per heavy atom. The number of hydrogen-bond donors (Lipinski definition) is 1. The molecule has 2 N–H and O–H groups in total. The van der Waals surface area contributed by atoms with E-state index in [1.165, 1.54) is 4.88 Å². The molecule has 0 spiro atoms. The lowest BCUT2D eigenvalue weighted by Crippen LogP contribution is -2.33. The fraction of sp³-hybridized carbons (Fsp3) is 0.167. The second-order valence-electron chi connectivity index (χ2n) is 3.66. The average molecular weight is 282 g/mol. The third-order valence-corrected chi connectivity index (χ3v) is 4.27. The van der Waals surface area contributed by atoms with Gasteiger partial charge in [0.25, 0.3) is 0 Å². The first-order valence-corrected chi connectivity index (χ1v) is 6.37. The van der Waals surface area contributed by atoms with Crippen LogP contribution in [0.25, 0.3) is 0 Å². The van der Waals surface area contributed by atoms with Gasteiger partial charge in [-0.2, -0.15) is 0 Å². The molecule has 0 amide bonds. The van der Waals surface area contributed by atoms with Gasteiger partial charge >= 0.3 is 0 Å². The topological polar surface area (TPSA) is 26.0 Å². The third kappa shape index (κ3) is 2.00. The molecule has 1 unspecified atom stereocenters. The summed E-state index contributed by atoms with van der Waals surface area (Å²) in [5, 5.41) is 2.05. The summed E-state index contributed by atoms with van der Waals surface area (Å²) >= 11 is 5.23. The van der Waals surface area contributed by atoms with Crippen molar-refractivity contribution in [3.63, 3.8) is 0 Å². The molecule has 1 nitrogen and oxygen atoms in total. The van der Waals surface area contributed by atoms with Gasteiger partial charge in [0.1, 0.15) is 0 Å². The maximum Gasteiger partial charge on any atom is 0.0741 e. The highest BCUT2D eigenvalue weighted by atomic mass is 79.9. The van der Waals surface area contributed by atoms with Crippen LogP contribution in [0.2, 0.25) is 0 Å². The Labute approximate surface area is 102 Å². The maximum atomic E-state index is 6.39. The minimum atomic E-state index is -0.422. The smallest absolute Gasteiger partial charge is 0.0741 e. The zero-order chi connectivity index (χ0) is 10.9. The van der Waals surface area contributed by atoms with Gasteiger partial charge in [-0.3, -0.25) is 0 Å². The molecule has 0 saturated carbocycles. The number of hydrogen-bond acceptors (Lipinski definition) is 2. The number of rotatable bonds is 2. The van der Waals surface area contributed by atoms with Crippen LogP contribution in [0.5, 0.6) is 0 Å². The van der Waals surface area contributed by atoms with Crippen molar-refractivity contribution in [3.8, 4) is 0 Å². The molecule has 15 heavy (non-hydrogen) atoms. The second-order valence-corrected chi connectivity index (χ2v) is 5.46. The van der Waals surface area contributed by atoms with Crippen LogP contribution in [0.3, 0.4) is 0 Å². The Morgan fingerprint density at radius 1 is 1.20 bits per heavy atom. The molecular weight excluding hydrogens is 270 g/mol. The van der Waals surface area contributed by atoms with E-state index in [0.717, 1.165) is 10.0 Å². The van der Waals surface area contributed by atoms with Crippen LogP contribution in [0, 0.1) is 0 Å². The quantitative estimate of drug-likeness (QED) is 0.892. The third-order valence-electron chi connectivity index (χ3n) is 2.47.